The summed E-state index contributed by atoms with van der Waals surface area (Å²) in [6.45, 7) is 3.51. The van der Waals surface area contributed by atoms with E-state index in [1.54, 1.807) is 6.92 Å². The zero-order valence-electron chi connectivity index (χ0n) is 9.21. The van der Waals surface area contributed by atoms with Gasteiger partial charge in [0.15, 0.2) is 0 Å². The second kappa shape index (κ2) is 3.76. The van der Waals surface area contributed by atoms with Crippen LogP contribution in [0.5, 0.6) is 0 Å². The van der Waals surface area contributed by atoms with Gasteiger partial charge in [0.1, 0.15) is 0 Å². The van der Waals surface area contributed by atoms with E-state index >= 15 is 0 Å². The fraction of sp³-hybridized carbons (Fsp3) is 0.909. The van der Waals surface area contributed by atoms with E-state index in [9.17, 15) is 9.90 Å². The third kappa shape index (κ3) is 1.47. The minimum absolute atomic E-state index is 0.206. The van der Waals surface area contributed by atoms with Gasteiger partial charge in [-0.15, -0.1) is 0 Å². The predicted molar refractivity (Wildman–Crippen MR) is 55.4 cm³/mol. The summed E-state index contributed by atoms with van der Waals surface area (Å²) in [6.07, 6.45) is 3.21. The molecular weight excluding hydrogens is 194 g/mol. The second-order valence-electron chi connectivity index (χ2n) is 4.61. The van der Waals surface area contributed by atoms with Gasteiger partial charge in [0, 0.05) is 6.54 Å². The molecule has 4 nitrogen and oxygen atoms in total. The van der Waals surface area contributed by atoms with E-state index in [-0.39, 0.29) is 5.97 Å². The molecule has 2 aliphatic rings. The van der Waals surface area contributed by atoms with Crippen molar-refractivity contribution in [3.63, 3.8) is 0 Å². The van der Waals surface area contributed by atoms with Gasteiger partial charge in [0.2, 0.25) is 0 Å². The molecule has 15 heavy (non-hydrogen) atoms. The Kier molecular flexibility index (Phi) is 2.73. The molecule has 1 unspecified atom stereocenters. The van der Waals surface area contributed by atoms with Crippen LogP contribution in [0.1, 0.15) is 32.6 Å². The standard InChI is InChI=1S/C11H19NO3/c1-2-15-9(13)10(4-3-5-10)11(14)6-7-12-8-11/h12,14H,2-8H2,1H3. The van der Waals surface area contributed by atoms with Crippen LogP contribution in [-0.2, 0) is 9.53 Å². The van der Waals surface area contributed by atoms with Gasteiger partial charge in [-0.2, -0.15) is 0 Å². The molecule has 1 atom stereocenters. The Morgan fingerprint density at radius 3 is 2.60 bits per heavy atom. The van der Waals surface area contributed by atoms with Gasteiger partial charge in [-0.05, 0) is 32.7 Å². The van der Waals surface area contributed by atoms with Crippen LogP contribution in [-0.4, -0.2) is 36.4 Å². The van der Waals surface area contributed by atoms with Crippen LogP contribution in [0.4, 0.5) is 0 Å². The largest absolute Gasteiger partial charge is 0.465 e. The molecular formula is C11H19NO3. The quantitative estimate of drug-likeness (QED) is 0.668. The second-order valence-corrected chi connectivity index (χ2v) is 4.61. The van der Waals surface area contributed by atoms with E-state index in [2.05, 4.69) is 5.32 Å². The Morgan fingerprint density at radius 1 is 1.47 bits per heavy atom. The summed E-state index contributed by atoms with van der Waals surface area (Å²) in [6, 6.07) is 0. The Bertz CT molecular complexity index is 255. The highest BCUT2D eigenvalue weighted by atomic mass is 16.5. The molecule has 1 aliphatic heterocycles. The predicted octanol–water partition coefficient (Wildman–Crippen LogP) is 0.444. The van der Waals surface area contributed by atoms with Gasteiger partial charge in [-0.3, -0.25) is 4.79 Å². The van der Waals surface area contributed by atoms with E-state index in [1.807, 2.05) is 0 Å². The van der Waals surface area contributed by atoms with Gasteiger partial charge in [-0.1, -0.05) is 6.42 Å². The van der Waals surface area contributed by atoms with E-state index in [0.717, 1.165) is 25.8 Å². The third-order valence-corrected chi connectivity index (χ3v) is 3.90. The molecule has 0 bridgehead atoms. The number of hydrogen-bond donors (Lipinski definition) is 2. The average molecular weight is 213 g/mol. The number of ether oxygens (including phenoxy) is 1. The number of carbonyl (C=O) groups excluding carboxylic acids is 1. The molecule has 1 saturated heterocycles. The van der Waals surface area contributed by atoms with Gasteiger partial charge in [-0.25, -0.2) is 0 Å². The van der Waals surface area contributed by atoms with E-state index < -0.39 is 11.0 Å². The van der Waals surface area contributed by atoms with Gasteiger partial charge >= 0.3 is 5.97 Å². The summed E-state index contributed by atoms with van der Waals surface area (Å²) in [4.78, 5) is 11.9. The number of carbonyl (C=O) groups is 1. The van der Waals surface area contributed by atoms with Crippen molar-refractivity contribution in [3.05, 3.63) is 0 Å². The van der Waals surface area contributed by atoms with E-state index in [4.69, 9.17) is 4.74 Å². The highest BCUT2D eigenvalue weighted by molar-refractivity contribution is 5.79. The molecule has 0 amide bonds. The Labute approximate surface area is 90.0 Å². The maximum Gasteiger partial charge on any atom is 0.315 e. The summed E-state index contributed by atoms with van der Waals surface area (Å²) in [7, 11) is 0. The van der Waals surface area contributed by atoms with Crippen molar-refractivity contribution in [3.8, 4) is 0 Å². The summed E-state index contributed by atoms with van der Waals surface area (Å²) < 4.78 is 5.10. The monoisotopic (exact) mass is 213 g/mol. The smallest absolute Gasteiger partial charge is 0.315 e. The Morgan fingerprint density at radius 2 is 2.20 bits per heavy atom. The fourth-order valence-corrected chi connectivity index (χ4v) is 2.75. The van der Waals surface area contributed by atoms with Crippen LogP contribution in [0, 0.1) is 5.41 Å². The first-order valence-corrected chi connectivity index (χ1v) is 5.75. The highest BCUT2D eigenvalue weighted by Crippen LogP contribution is 2.52. The topological polar surface area (TPSA) is 58.6 Å². The Hall–Kier alpha value is -0.610. The van der Waals surface area contributed by atoms with Crippen LogP contribution in [0.3, 0.4) is 0 Å². The van der Waals surface area contributed by atoms with Crippen molar-refractivity contribution >= 4 is 5.97 Å². The molecule has 0 aromatic heterocycles. The lowest BCUT2D eigenvalue weighted by molar-refractivity contribution is -0.186. The van der Waals surface area contributed by atoms with Crippen molar-refractivity contribution in [1.29, 1.82) is 0 Å². The molecule has 0 aromatic rings. The van der Waals surface area contributed by atoms with Gasteiger partial charge in [0.05, 0.1) is 17.6 Å². The van der Waals surface area contributed by atoms with E-state index in [1.165, 1.54) is 0 Å². The van der Waals surface area contributed by atoms with E-state index in [0.29, 0.717) is 19.6 Å². The van der Waals surface area contributed by atoms with Crippen molar-refractivity contribution in [2.24, 2.45) is 5.41 Å². The maximum atomic E-state index is 11.9. The number of rotatable bonds is 3. The fourth-order valence-electron chi connectivity index (χ4n) is 2.75. The molecule has 0 radical (unpaired) electrons. The zero-order valence-corrected chi connectivity index (χ0v) is 9.21. The third-order valence-electron chi connectivity index (χ3n) is 3.90. The number of hydrogen-bond acceptors (Lipinski definition) is 4. The van der Waals surface area contributed by atoms with Crippen molar-refractivity contribution < 1.29 is 14.6 Å². The molecule has 0 aromatic carbocycles. The summed E-state index contributed by atoms with van der Waals surface area (Å²) in [5.41, 5.74) is -1.50. The SMILES string of the molecule is CCOC(=O)C1(C2(O)CCNC2)CCC1. The van der Waals surface area contributed by atoms with Crippen molar-refractivity contribution in [1.82, 2.24) is 5.32 Å². The normalized spacial score (nSPS) is 33.5. The molecule has 0 spiro atoms. The lowest BCUT2D eigenvalue weighted by Crippen LogP contribution is -2.59. The molecule has 86 valence electrons. The lowest BCUT2D eigenvalue weighted by Gasteiger charge is -2.48. The first-order chi connectivity index (χ1) is 7.15. The molecule has 1 saturated carbocycles. The minimum Gasteiger partial charge on any atom is -0.465 e. The molecule has 2 fully saturated rings. The van der Waals surface area contributed by atoms with Crippen LogP contribution in [0.2, 0.25) is 0 Å². The number of nitrogens with one attached hydrogen (secondary N) is 1. The maximum absolute atomic E-state index is 11.9. The van der Waals surface area contributed by atoms with Crippen LogP contribution in [0.25, 0.3) is 0 Å². The highest BCUT2D eigenvalue weighted by Gasteiger charge is 2.60. The molecule has 2 rings (SSSR count). The van der Waals surface area contributed by atoms with Crippen LogP contribution in [0.15, 0.2) is 0 Å². The molecule has 4 heteroatoms. The van der Waals surface area contributed by atoms with Crippen LogP contribution < -0.4 is 5.32 Å². The first kappa shape index (κ1) is 10.9. The number of β-amino-alcohol motifs (C(OH)–C–C–N with tert-alkyl or cyclic N) is 1. The summed E-state index contributed by atoms with van der Waals surface area (Å²) in [5.74, 6) is -0.206. The van der Waals surface area contributed by atoms with Crippen LogP contribution >= 0.6 is 0 Å². The summed E-state index contributed by atoms with van der Waals surface area (Å²) >= 11 is 0. The van der Waals surface area contributed by atoms with Crippen molar-refractivity contribution in [2.75, 3.05) is 19.7 Å². The summed E-state index contributed by atoms with van der Waals surface area (Å²) in [5, 5.41) is 13.6. The minimum atomic E-state index is -0.877. The lowest BCUT2D eigenvalue weighted by atomic mass is 9.58. The number of aliphatic hydroxyl groups is 1. The molecule has 1 heterocycles. The molecule has 2 N–H and O–H groups in total. The molecule has 1 aliphatic carbocycles. The van der Waals surface area contributed by atoms with Gasteiger partial charge in [0.25, 0.3) is 0 Å². The number of esters is 1. The average Bonchev–Trinajstić information content (AvgIpc) is 2.51. The zero-order chi connectivity index (χ0) is 10.9. The van der Waals surface area contributed by atoms with Gasteiger partial charge < -0.3 is 15.2 Å². The van der Waals surface area contributed by atoms with Crippen molar-refractivity contribution in [2.45, 2.75) is 38.2 Å². The first-order valence-electron chi connectivity index (χ1n) is 5.75. The Balaban J connectivity index is 2.17.